The number of rotatable bonds is 1. The molecule has 3 heteroatoms. The highest BCUT2D eigenvalue weighted by Gasteiger charge is 2.45. The summed E-state index contributed by atoms with van der Waals surface area (Å²) in [5.74, 6) is 0.214. The van der Waals surface area contributed by atoms with E-state index in [9.17, 15) is 4.79 Å². The van der Waals surface area contributed by atoms with Crippen molar-refractivity contribution >= 4 is 5.91 Å². The zero-order chi connectivity index (χ0) is 15.2. The van der Waals surface area contributed by atoms with Gasteiger partial charge < -0.3 is 9.64 Å². The molecule has 0 radical (unpaired) electrons. The number of hydrogen-bond donors (Lipinski definition) is 0. The van der Waals surface area contributed by atoms with Crippen LogP contribution in [0.3, 0.4) is 0 Å². The van der Waals surface area contributed by atoms with Crippen molar-refractivity contribution in [1.29, 1.82) is 0 Å². The number of piperidine rings is 1. The van der Waals surface area contributed by atoms with Gasteiger partial charge in [-0.15, -0.1) is 0 Å². The van der Waals surface area contributed by atoms with Crippen LogP contribution in [-0.4, -0.2) is 36.1 Å². The molecule has 2 heterocycles. The molecule has 1 amide bonds. The number of ether oxygens (including phenoxy) is 1. The Balaban J connectivity index is 1.48. The number of carbonyl (C=O) groups excluding carboxylic acids is 1. The summed E-state index contributed by atoms with van der Waals surface area (Å²) in [5, 5.41) is 0. The molecule has 0 N–H and O–H groups in total. The van der Waals surface area contributed by atoms with Crippen LogP contribution in [0.1, 0.15) is 50.2 Å². The van der Waals surface area contributed by atoms with Crippen molar-refractivity contribution in [2.24, 2.45) is 0 Å². The maximum atomic E-state index is 12.8. The largest absolute Gasteiger partial charge is 0.365 e. The lowest BCUT2D eigenvalue weighted by molar-refractivity contribution is -0.152. The first-order valence-corrected chi connectivity index (χ1v) is 8.65. The molecule has 0 saturated carbocycles. The van der Waals surface area contributed by atoms with Crippen molar-refractivity contribution in [1.82, 2.24) is 4.90 Å². The van der Waals surface area contributed by atoms with E-state index in [1.54, 1.807) is 5.56 Å². The van der Waals surface area contributed by atoms with Gasteiger partial charge in [0, 0.05) is 19.7 Å². The molecule has 3 nitrogen and oxygen atoms in total. The van der Waals surface area contributed by atoms with Gasteiger partial charge in [0.2, 0.25) is 0 Å². The summed E-state index contributed by atoms with van der Waals surface area (Å²) in [7, 11) is 0. The van der Waals surface area contributed by atoms with E-state index in [0.717, 1.165) is 45.4 Å². The molecule has 1 aliphatic carbocycles. The smallest absolute Gasteiger partial charge is 0.254 e. The Morgan fingerprint density at radius 1 is 1.14 bits per heavy atom. The van der Waals surface area contributed by atoms with Gasteiger partial charge in [0.05, 0.1) is 0 Å². The SMILES string of the molecule is C[C@@]1(C(=O)N2CCC3(CCc4ccccc43)CC2)CCCO1. The fourth-order valence-electron chi connectivity index (χ4n) is 4.70. The summed E-state index contributed by atoms with van der Waals surface area (Å²) in [6.45, 7) is 4.46. The molecule has 1 spiro atoms. The highest BCUT2D eigenvalue weighted by Crippen LogP contribution is 2.46. The van der Waals surface area contributed by atoms with E-state index >= 15 is 0 Å². The van der Waals surface area contributed by atoms with Crippen LogP contribution < -0.4 is 0 Å². The average molecular weight is 299 g/mol. The van der Waals surface area contributed by atoms with Gasteiger partial charge in [-0.3, -0.25) is 4.79 Å². The zero-order valence-corrected chi connectivity index (χ0v) is 13.4. The van der Waals surface area contributed by atoms with Gasteiger partial charge in [0.15, 0.2) is 0 Å². The van der Waals surface area contributed by atoms with Crippen LogP contribution in [0.15, 0.2) is 24.3 Å². The Bertz CT molecular complexity index is 581. The molecule has 0 unspecified atom stereocenters. The van der Waals surface area contributed by atoms with Crippen LogP contribution in [0, 0.1) is 0 Å². The summed E-state index contributed by atoms with van der Waals surface area (Å²) in [6.07, 6.45) is 6.54. The molecule has 118 valence electrons. The first-order chi connectivity index (χ1) is 10.6. The molecule has 2 saturated heterocycles. The minimum atomic E-state index is -0.557. The number of carbonyl (C=O) groups is 1. The first-order valence-electron chi connectivity index (χ1n) is 8.65. The van der Waals surface area contributed by atoms with Gasteiger partial charge in [-0.2, -0.15) is 0 Å². The number of fused-ring (bicyclic) bond motifs is 2. The minimum absolute atomic E-state index is 0.214. The Kier molecular flexibility index (Phi) is 3.30. The predicted molar refractivity (Wildman–Crippen MR) is 85.8 cm³/mol. The zero-order valence-electron chi connectivity index (χ0n) is 13.4. The van der Waals surface area contributed by atoms with Gasteiger partial charge in [0.1, 0.15) is 5.60 Å². The Labute approximate surface area is 132 Å². The van der Waals surface area contributed by atoms with E-state index in [4.69, 9.17) is 4.74 Å². The molecular formula is C19H25NO2. The number of amides is 1. The molecule has 0 aromatic heterocycles. The number of nitrogens with zero attached hydrogens (tertiary/aromatic N) is 1. The first kappa shape index (κ1) is 14.3. The van der Waals surface area contributed by atoms with Crippen LogP contribution in [0.25, 0.3) is 0 Å². The highest BCUT2D eigenvalue weighted by molar-refractivity contribution is 5.85. The van der Waals surface area contributed by atoms with E-state index in [-0.39, 0.29) is 5.91 Å². The topological polar surface area (TPSA) is 29.5 Å². The van der Waals surface area contributed by atoms with E-state index < -0.39 is 5.60 Å². The lowest BCUT2D eigenvalue weighted by Gasteiger charge is -2.42. The van der Waals surface area contributed by atoms with Gasteiger partial charge in [-0.05, 0) is 62.0 Å². The standard InChI is InChI=1S/C19H25NO2/c1-18(8-4-14-22-18)17(21)20-12-10-19(11-13-20)9-7-15-5-2-3-6-16(15)19/h2-3,5-6H,4,7-14H2,1H3/t18-/m0/s1. The molecule has 2 fully saturated rings. The lowest BCUT2D eigenvalue weighted by Crippen LogP contribution is -2.52. The van der Waals surface area contributed by atoms with E-state index in [2.05, 4.69) is 29.2 Å². The number of benzene rings is 1. The maximum absolute atomic E-state index is 12.8. The fourth-order valence-corrected chi connectivity index (χ4v) is 4.70. The normalized spacial score (nSPS) is 29.8. The van der Waals surface area contributed by atoms with E-state index in [0.29, 0.717) is 5.41 Å². The van der Waals surface area contributed by atoms with Crippen LogP contribution in [-0.2, 0) is 21.4 Å². The summed E-state index contributed by atoms with van der Waals surface area (Å²) in [5.41, 5.74) is 2.84. The maximum Gasteiger partial charge on any atom is 0.254 e. The molecule has 22 heavy (non-hydrogen) atoms. The third kappa shape index (κ3) is 2.10. The number of likely N-dealkylation sites (tertiary alicyclic amines) is 1. The second kappa shape index (κ2) is 5.09. The fraction of sp³-hybridized carbons (Fsp3) is 0.632. The van der Waals surface area contributed by atoms with Crippen molar-refractivity contribution in [2.75, 3.05) is 19.7 Å². The van der Waals surface area contributed by atoms with Crippen LogP contribution >= 0.6 is 0 Å². The van der Waals surface area contributed by atoms with Gasteiger partial charge in [-0.1, -0.05) is 24.3 Å². The van der Waals surface area contributed by atoms with Gasteiger partial charge in [-0.25, -0.2) is 0 Å². The van der Waals surface area contributed by atoms with Crippen molar-refractivity contribution in [3.05, 3.63) is 35.4 Å². The van der Waals surface area contributed by atoms with E-state index in [1.165, 1.54) is 18.4 Å². The third-order valence-electron chi connectivity index (χ3n) is 6.14. The Morgan fingerprint density at radius 3 is 2.64 bits per heavy atom. The Hall–Kier alpha value is -1.35. The quantitative estimate of drug-likeness (QED) is 0.797. The van der Waals surface area contributed by atoms with Crippen molar-refractivity contribution in [3.8, 4) is 0 Å². The van der Waals surface area contributed by atoms with Crippen LogP contribution in [0.4, 0.5) is 0 Å². The molecule has 0 bridgehead atoms. The van der Waals surface area contributed by atoms with Gasteiger partial charge in [0.25, 0.3) is 5.91 Å². The molecule has 3 aliphatic rings. The van der Waals surface area contributed by atoms with Crippen molar-refractivity contribution < 1.29 is 9.53 Å². The molecule has 4 rings (SSSR count). The van der Waals surface area contributed by atoms with Crippen molar-refractivity contribution in [3.63, 3.8) is 0 Å². The monoisotopic (exact) mass is 299 g/mol. The van der Waals surface area contributed by atoms with Crippen LogP contribution in [0.5, 0.6) is 0 Å². The lowest BCUT2D eigenvalue weighted by atomic mass is 9.73. The molecular weight excluding hydrogens is 274 g/mol. The van der Waals surface area contributed by atoms with E-state index in [1.807, 2.05) is 6.92 Å². The average Bonchev–Trinajstić information content (AvgIpc) is 3.14. The van der Waals surface area contributed by atoms with Gasteiger partial charge >= 0.3 is 0 Å². The predicted octanol–water partition coefficient (Wildman–Crippen LogP) is 3.06. The summed E-state index contributed by atoms with van der Waals surface area (Å²) < 4.78 is 5.74. The minimum Gasteiger partial charge on any atom is -0.365 e. The molecule has 1 aromatic carbocycles. The summed E-state index contributed by atoms with van der Waals surface area (Å²) >= 11 is 0. The summed E-state index contributed by atoms with van der Waals surface area (Å²) in [6, 6.07) is 8.89. The van der Waals surface area contributed by atoms with Crippen LogP contribution in [0.2, 0.25) is 0 Å². The summed E-state index contributed by atoms with van der Waals surface area (Å²) in [4.78, 5) is 14.8. The number of hydrogen-bond acceptors (Lipinski definition) is 2. The second-order valence-corrected chi connectivity index (χ2v) is 7.41. The molecule has 1 atom stereocenters. The molecule has 1 aromatic rings. The third-order valence-corrected chi connectivity index (χ3v) is 6.14. The molecule has 2 aliphatic heterocycles. The number of aryl methyl sites for hydroxylation is 1. The van der Waals surface area contributed by atoms with Crippen molar-refractivity contribution in [2.45, 2.75) is 56.5 Å². The highest BCUT2D eigenvalue weighted by atomic mass is 16.5. The Morgan fingerprint density at radius 2 is 1.91 bits per heavy atom. The second-order valence-electron chi connectivity index (χ2n) is 7.41.